The molecule has 1 aliphatic carbocycles. The van der Waals surface area contributed by atoms with Crippen LogP contribution in [0.1, 0.15) is 40.0 Å². The zero-order valence-electron chi connectivity index (χ0n) is 13.8. The number of thioether (sulfide) groups is 1. The van der Waals surface area contributed by atoms with E-state index in [1.165, 1.54) is 31.6 Å². The van der Waals surface area contributed by atoms with E-state index in [2.05, 4.69) is 51.3 Å². The van der Waals surface area contributed by atoms with E-state index in [9.17, 15) is 0 Å². The van der Waals surface area contributed by atoms with E-state index in [4.69, 9.17) is 0 Å². The van der Waals surface area contributed by atoms with Crippen LogP contribution in [-0.4, -0.2) is 49.6 Å². The van der Waals surface area contributed by atoms with Crippen LogP contribution < -0.4 is 5.32 Å². The van der Waals surface area contributed by atoms with Gasteiger partial charge in [0.15, 0.2) is 0 Å². The van der Waals surface area contributed by atoms with E-state index >= 15 is 0 Å². The molecule has 2 nitrogen and oxygen atoms in total. The SMILES string of the molecule is CNC1CC(C)CC(C)C1CN(C)C(C)CCSC. The molecule has 1 aliphatic rings. The molecule has 1 fully saturated rings. The Balaban J connectivity index is 2.52. The molecule has 0 aromatic rings. The highest BCUT2D eigenvalue weighted by Crippen LogP contribution is 2.34. The molecule has 0 saturated heterocycles. The third-order valence-corrected chi connectivity index (χ3v) is 5.68. The first kappa shape index (κ1) is 17.3. The van der Waals surface area contributed by atoms with Crippen LogP contribution in [0.4, 0.5) is 0 Å². The summed E-state index contributed by atoms with van der Waals surface area (Å²) >= 11 is 1.96. The van der Waals surface area contributed by atoms with Gasteiger partial charge in [-0.05, 0) is 70.0 Å². The summed E-state index contributed by atoms with van der Waals surface area (Å²) in [5.74, 6) is 3.81. The summed E-state index contributed by atoms with van der Waals surface area (Å²) in [7, 11) is 4.45. The zero-order valence-corrected chi connectivity index (χ0v) is 14.6. The molecule has 114 valence electrons. The van der Waals surface area contributed by atoms with E-state index < -0.39 is 0 Å². The molecule has 0 amide bonds. The fourth-order valence-corrected chi connectivity index (χ4v) is 4.15. The van der Waals surface area contributed by atoms with Crippen molar-refractivity contribution >= 4 is 11.8 Å². The fraction of sp³-hybridized carbons (Fsp3) is 1.00. The van der Waals surface area contributed by atoms with E-state index in [0.717, 1.165) is 17.8 Å². The van der Waals surface area contributed by atoms with Crippen molar-refractivity contribution in [2.45, 2.75) is 52.1 Å². The van der Waals surface area contributed by atoms with Crippen LogP contribution in [-0.2, 0) is 0 Å². The van der Waals surface area contributed by atoms with Crippen LogP contribution in [0.15, 0.2) is 0 Å². The highest BCUT2D eigenvalue weighted by Gasteiger charge is 2.34. The van der Waals surface area contributed by atoms with Crippen LogP contribution in [0, 0.1) is 17.8 Å². The van der Waals surface area contributed by atoms with Crippen molar-refractivity contribution in [2.24, 2.45) is 17.8 Å². The van der Waals surface area contributed by atoms with Crippen molar-refractivity contribution in [2.75, 3.05) is 32.6 Å². The van der Waals surface area contributed by atoms with Gasteiger partial charge >= 0.3 is 0 Å². The molecule has 1 N–H and O–H groups in total. The lowest BCUT2D eigenvalue weighted by Gasteiger charge is -2.42. The number of nitrogens with zero attached hydrogens (tertiary/aromatic N) is 1. The second-order valence-corrected chi connectivity index (χ2v) is 7.67. The van der Waals surface area contributed by atoms with E-state index in [0.29, 0.717) is 12.1 Å². The maximum Gasteiger partial charge on any atom is 0.0110 e. The normalized spacial score (nSPS) is 33.6. The maximum atomic E-state index is 3.57. The summed E-state index contributed by atoms with van der Waals surface area (Å²) in [5.41, 5.74) is 0. The van der Waals surface area contributed by atoms with Gasteiger partial charge in [0.25, 0.3) is 0 Å². The lowest BCUT2D eigenvalue weighted by atomic mass is 9.72. The largest absolute Gasteiger partial charge is 0.317 e. The molecule has 0 aliphatic heterocycles. The smallest absolute Gasteiger partial charge is 0.0110 e. The van der Waals surface area contributed by atoms with Gasteiger partial charge in [-0.1, -0.05) is 13.8 Å². The Labute approximate surface area is 125 Å². The molecule has 0 aromatic heterocycles. The molecular weight excluding hydrogens is 252 g/mol. The Kier molecular flexibility index (Phi) is 7.78. The first-order chi connectivity index (χ1) is 8.99. The van der Waals surface area contributed by atoms with Gasteiger partial charge in [0.1, 0.15) is 0 Å². The third-order valence-electron chi connectivity index (χ3n) is 5.04. The van der Waals surface area contributed by atoms with Gasteiger partial charge in [0.05, 0.1) is 0 Å². The Hall–Kier alpha value is 0.270. The Morgan fingerprint density at radius 2 is 2.00 bits per heavy atom. The van der Waals surface area contributed by atoms with Crippen molar-refractivity contribution in [3.8, 4) is 0 Å². The van der Waals surface area contributed by atoms with Gasteiger partial charge in [-0.3, -0.25) is 0 Å². The summed E-state index contributed by atoms with van der Waals surface area (Å²) < 4.78 is 0. The highest BCUT2D eigenvalue weighted by molar-refractivity contribution is 7.98. The second kappa shape index (κ2) is 8.53. The zero-order chi connectivity index (χ0) is 14.4. The van der Waals surface area contributed by atoms with Crippen molar-refractivity contribution in [1.82, 2.24) is 10.2 Å². The average Bonchev–Trinajstić information content (AvgIpc) is 2.38. The van der Waals surface area contributed by atoms with Crippen molar-refractivity contribution in [3.63, 3.8) is 0 Å². The number of hydrogen-bond acceptors (Lipinski definition) is 3. The molecule has 3 heteroatoms. The molecule has 0 aromatic carbocycles. The molecule has 5 unspecified atom stereocenters. The molecule has 1 rings (SSSR count). The number of rotatable bonds is 7. The summed E-state index contributed by atoms with van der Waals surface area (Å²) in [6.45, 7) is 8.47. The summed E-state index contributed by atoms with van der Waals surface area (Å²) in [6, 6.07) is 1.41. The maximum absolute atomic E-state index is 3.57. The first-order valence-corrected chi connectivity index (χ1v) is 9.25. The molecule has 0 bridgehead atoms. The minimum atomic E-state index is 0.703. The Morgan fingerprint density at radius 3 is 2.58 bits per heavy atom. The van der Waals surface area contributed by atoms with Crippen molar-refractivity contribution in [1.29, 1.82) is 0 Å². The average molecular weight is 287 g/mol. The minimum Gasteiger partial charge on any atom is -0.317 e. The van der Waals surface area contributed by atoms with Crippen LogP contribution >= 0.6 is 11.8 Å². The third kappa shape index (κ3) is 5.28. The molecule has 0 heterocycles. The highest BCUT2D eigenvalue weighted by atomic mass is 32.2. The molecule has 19 heavy (non-hydrogen) atoms. The first-order valence-electron chi connectivity index (χ1n) is 7.86. The predicted molar refractivity (Wildman–Crippen MR) is 89.0 cm³/mol. The lowest BCUT2D eigenvalue weighted by Crippen LogP contribution is -2.48. The standard InChI is InChI=1S/C16H34N2S/c1-12-9-13(2)15(16(10-12)17-4)11-18(5)14(3)7-8-19-6/h12-17H,7-11H2,1-6H3. The van der Waals surface area contributed by atoms with E-state index in [-0.39, 0.29) is 0 Å². The quantitative estimate of drug-likeness (QED) is 0.773. The van der Waals surface area contributed by atoms with Crippen LogP contribution in [0.2, 0.25) is 0 Å². The van der Waals surface area contributed by atoms with E-state index in [1.54, 1.807) is 0 Å². The van der Waals surface area contributed by atoms with Gasteiger partial charge in [-0.15, -0.1) is 0 Å². The van der Waals surface area contributed by atoms with Gasteiger partial charge in [0, 0.05) is 18.6 Å². The van der Waals surface area contributed by atoms with Crippen LogP contribution in [0.5, 0.6) is 0 Å². The Bertz CT molecular complexity index is 247. The molecule has 1 saturated carbocycles. The second-order valence-electron chi connectivity index (χ2n) is 6.68. The van der Waals surface area contributed by atoms with Gasteiger partial charge < -0.3 is 10.2 Å². The van der Waals surface area contributed by atoms with Gasteiger partial charge in [-0.2, -0.15) is 11.8 Å². The van der Waals surface area contributed by atoms with Crippen molar-refractivity contribution in [3.05, 3.63) is 0 Å². The lowest BCUT2D eigenvalue weighted by molar-refractivity contribution is 0.0999. The van der Waals surface area contributed by atoms with Gasteiger partial charge in [0.2, 0.25) is 0 Å². The summed E-state index contributed by atoms with van der Waals surface area (Å²) in [6.07, 6.45) is 6.25. The number of hydrogen-bond donors (Lipinski definition) is 1. The minimum absolute atomic E-state index is 0.703. The molecule has 5 atom stereocenters. The molecule has 0 radical (unpaired) electrons. The van der Waals surface area contributed by atoms with Crippen LogP contribution in [0.3, 0.4) is 0 Å². The Morgan fingerprint density at radius 1 is 1.32 bits per heavy atom. The monoisotopic (exact) mass is 286 g/mol. The molecular formula is C16H34N2S. The topological polar surface area (TPSA) is 15.3 Å². The fourth-order valence-electron chi connectivity index (χ4n) is 3.57. The van der Waals surface area contributed by atoms with Crippen molar-refractivity contribution < 1.29 is 0 Å². The van der Waals surface area contributed by atoms with Gasteiger partial charge in [-0.25, -0.2) is 0 Å². The van der Waals surface area contributed by atoms with E-state index in [1.807, 2.05) is 11.8 Å². The predicted octanol–water partition coefficient (Wildman–Crippen LogP) is 3.33. The summed E-state index contributed by atoms with van der Waals surface area (Å²) in [4.78, 5) is 2.58. The molecule has 0 spiro atoms. The summed E-state index contributed by atoms with van der Waals surface area (Å²) in [5, 5.41) is 3.57. The number of nitrogens with one attached hydrogen (secondary N) is 1. The van der Waals surface area contributed by atoms with Crippen LogP contribution in [0.25, 0.3) is 0 Å².